The zero-order valence-electron chi connectivity index (χ0n) is 16.5. The highest BCUT2D eigenvalue weighted by atomic mass is 16.5. The van der Waals surface area contributed by atoms with Crippen LogP contribution < -0.4 is 10.1 Å². The summed E-state index contributed by atoms with van der Waals surface area (Å²) >= 11 is 0. The van der Waals surface area contributed by atoms with Gasteiger partial charge in [0.15, 0.2) is 6.10 Å². The van der Waals surface area contributed by atoms with Crippen molar-refractivity contribution in [1.29, 1.82) is 0 Å². The smallest absolute Gasteiger partial charge is 0.261 e. The predicted octanol–water partition coefficient (Wildman–Crippen LogP) is 5.49. The molecule has 0 aliphatic rings. The Morgan fingerprint density at radius 3 is 2.52 bits per heavy atom. The summed E-state index contributed by atoms with van der Waals surface area (Å²) in [4.78, 5) is 12.8. The van der Waals surface area contributed by atoms with Crippen LogP contribution in [-0.2, 0) is 4.79 Å². The number of fused-ring (bicyclic) bond motifs is 1. The fourth-order valence-electron chi connectivity index (χ4n) is 3.47. The molecule has 0 saturated carbocycles. The van der Waals surface area contributed by atoms with Crippen LogP contribution in [0.5, 0.6) is 5.75 Å². The van der Waals surface area contributed by atoms with Gasteiger partial charge in [-0.05, 0) is 49.8 Å². The maximum atomic E-state index is 12.8. The molecular formula is C24H27NO2. The van der Waals surface area contributed by atoms with Crippen LogP contribution in [0.4, 0.5) is 0 Å². The highest BCUT2D eigenvalue weighted by molar-refractivity contribution is 5.89. The average molecular weight is 361 g/mol. The predicted molar refractivity (Wildman–Crippen MR) is 111 cm³/mol. The first kappa shape index (κ1) is 19.0. The van der Waals surface area contributed by atoms with Crippen LogP contribution >= 0.6 is 0 Å². The van der Waals surface area contributed by atoms with Gasteiger partial charge in [-0.25, -0.2) is 0 Å². The minimum atomic E-state index is -0.524. The van der Waals surface area contributed by atoms with E-state index in [1.807, 2.05) is 56.3 Å². The number of carbonyl (C=O) groups is 1. The van der Waals surface area contributed by atoms with Gasteiger partial charge in [-0.1, -0.05) is 67.1 Å². The molecule has 3 aromatic carbocycles. The Hall–Kier alpha value is -2.81. The van der Waals surface area contributed by atoms with Crippen LogP contribution in [0.3, 0.4) is 0 Å². The van der Waals surface area contributed by atoms with E-state index in [0.717, 1.165) is 22.1 Å². The third-order valence-corrected chi connectivity index (χ3v) is 4.93. The second-order valence-corrected chi connectivity index (χ2v) is 7.08. The Balaban J connectivity index is 1.76. The van der Waals surface area contributed by atoms with Crippen LogP contribution in [-0.4, -0.2) is 12.0 Å². The molecule has 2 atom stereocenters. The number of carbonyl (C=O) groups excluding carboxylic acids is 1. The van der Waals surface area contributed by atoms with E-state index in [2.05, 4.69) is 37.4 Å². The Morgan fingerprint density at radius 2 is 1.78 bits per heavy atom. The molecule has 3 heteroatoms. The van der Waals surface area contributed by atoms with Gasteiger partial charge in [0.05, 0.1) is 6.04 Å². The van der Waals surface area contributed by atoms with Crippen molar-refractivity contribution in [3.63, 3.8) is 0 Å². The molecule has 0 radical (unpaired) electrons. The number of amides is 1. The number of hydrogen-bond acceptors (Lipinski definition) is 2. The Labute approximate surface area is 161 Å². The molecule has 0 aliphatic carbocycles. The quantitative estimate of drug-likeness (QED) is 0.630. The van der Waals surface area contributed by atoms with Gasteiger partial charge in [-0.2, -0.15) is 0 Å². The number of benzene rings is 3. The van der Waals surface area contributed by atoms with Gasteiger partial charge in [0.2, 0.25) is 0 Å². The zero-order valence-corrected chi connectivity index (χ0v) is 16.5. The van der Waals surface area contributed by atoms with E-state index in [1.165, 1.54) is 11.1 Å². The van der Waals surface area contributed by atoms with Crippen molar-refractivity contribution in [2.75, 3.05) is 0 Å². The van der Waals surface area contributed by atoms with Crippen molar-refractivity contribution in [1.82, 2.24) is 5.32 Å². The highest BCUT2D eigenvalue weighted by Crippen LogP contribution is 2.27. The lowest BCUT2D eigenvalue weighted by atomic mass is 10.00. The molecule has 27 heavy (non-hydrogen) atoms. The SMILES string of the molecule is CC[C@@H](Oc1cccc2ccccc12)C(=O)N[C@@H](C)c1ccc(C)cc1C. The Bertz CT molecular complexity index is 943. The molecule has 0 fully saturated rings. The molecule has 140 valence electrons. The topological polar surface area (TPSA) is 38.3 Å². The third kappa shape index (κ3) is 4.30. The molecular weight excluding hydrogens is 334 g/mol. The van der Waals surface area contributed by atoms with Crippen molar-refractivity contribution >= 4 is 16.7 Å². The fourth-order valence-corrected chi connectivity index (χ4v) is 3.47. The van der Waals surface area contributed by atoms with E-state index < -0.39 is 6.10 Å². The van der Waals surface area contributed by atoms with Crippen molar-refractivity contribution < 1.29 is 9.53 Å². The van der Waals surface area contributed by atoms with Crippen molar-refractivity contribution in [3.8, 4) is 5.75 Å². The van der Waals surface area contributed by atoms with Gasteiger partial charge in [-0.3, -0.25) is 4.79 Å². The molecule has 3 aromatic rings. The monoisotopic (exact) mass is 361 g/mol. The number of aryl methyl sites for hydroxylation is 2. The molecule has 0 aliphatic heterocycles. The number of hydrogen-bond donors (Lipinski definition) is 1. The maximum Gasteiger partial charge on any atom is 0.261 e. The largest absolute Gasteiger partial charge is 0.480 e. The number of ether oxygens (including phenoxy) is 1. The summed E-state index contributed by atoms with van der Waals surface area (Å²) in [5, 5.41) is 5.24. The van der Waals surface area contributed by atoms with Gasteiger partial charge in [-0.15, -0.1) is 0 Å². The van der Waals surface area contributed by atoms with Gasteiger partial charge in [0.1, 0.15) is 5.75 Å². The summed E-state index contributed by atoms with van der Waals surface area (Å²) < 4.78 is 6.11. The molecule has 3 nitrogen and oxygen atoms in total. The molecule has 0 heterocycles. The van der Waals surface area contributed by atoms with Crippen LogP contribution in [0.2, 0.25) is 0 Å². The summed E-state index contributed by atoms with van der Waals surface area (Å²) in [6, 6.07) is 20.2. The Kier molecular flexibility index (Phi) is 5.80. The van der Waals surface area contributed by atoms with Gasteiger partial charge in [0, 0.05) is 5.39 Å². The fraction of sp³-hybridized carbons (Fsp3) is 0.292. The van der Waals surface area contributed by atoms with E-state index in [9.17, 15) is 4.79 Å². The third-order valence-electron chi connectivity index (χ3n) is 4.93. The van der Waals surface area contributed by atoms with Crippen LogP contribution in [0.1, 0.15) is 43.0 Å². The van der Waals surface area contributed by atoms with Crippen molar-refractivity contribution in [3.05, 3.63) is 77.4 Å². The molecule has 1 amide bonds. The van der Waals surface area contributed by atoms with Crippen LogP contribution in [0.25, 0.3) is 10.8 Å². The van der Waals surface area contributed by atoms with E-state index in [0.29, 0.717) is 6.42 Å². The zero-order chi connectivity index (χ0) is 19.4. The minimum Gasteiger partial charge on any atom is -0.480 e. The molecule has 3 rings (SSSR count). The molecule has 0 aromatic heterocycles. The van der Waals surface area contributed by atoms with Crippen LogP contribution in [0.15, 0.2) is 60.7 Å². The lowest BCUT2D eigenvalue weighted by molar-refractivity contribution is -0.128. The molecule has 0 bridgehead atoms. The molecule has 0 unspecified atom stereocenters. The van der Waals surface area contributed by atoms with Gasteiger partial charge in [0.25, 0.3) is 5.91 Å². The lowest BCUT2D eigenvalue weighted by Crippen LogP contribution is -2.39. The Morgan fingerprint density at radius 1 is 1.04 bits per heavy atom. The highest BCUT2D eigenvalue weighted by Gasteiger charge is 2.22. The molecule has 1 N–H and O–H groups in total. The van der Waals surface area contributed by atoms with E-state index >= 15 is 0 Å². The number of nitrogens with one attached hydrogen (secondary N) is 1. The first-order valence-electron chi connectivity index (χ1n) is 9.51. The van der Waals surface area contributed by atoms with E-state index in [-0.39, 0.29) is 11.9 Å². The van der Waals surface area contributed by atoms with Crippen LogP contribution in [0, 0.1) is 13.8 Å². The maximum absolute atomic E-state index is 12.8. The summed E-state index contributed by atoms with van der Waals surface area (Å²) in [5.41, 5.74) is 3.54. The number of rotatable bonds is 6. The first-order chi connectivity index (χ1) is 13.0. The average Bonchev–Trinajstić information content (AvgIpc) is 2.65. The van der Waals surface area contributed by atoms with Crippen molar-refractivity contribution in [2.24, 2.45) is 0 Å². The minimum absolute atomic E-state index is 0.0664. The second-order valence-electron chi connectivity index (χ2n) is 7.08. The second kappa shape index (κ2) is 8.26. The summed E-state index contributed by atoms with van der Waals surface area (Å²) in [6.07, 6.45) is 0.0817. The standard InChI is InChI=1S/C24H27NO2/c1-5-22(27-23-12-8-10-19-9-6-7-11-21(19)23)24(26)25-18(4)20-14-13-16(2)15-17(20)3/h6-15,18,22H,5H2,1-4H3,(H,25,26)/t18-,22+/m0/s1. The van der Waals surface area contributed by atoms with Gasteiger partial charge >= 0.3 is 0 Å². The summed E-state index contributed by atoms with van der Waals surface area (Å²) in [5.74, 6) is 0.659. The van der Waals surface area contributed by atoms with Gasteiger partial charge < -0.3 is 10.1 Å². The summed E-state index contributed by atoms with van der Waals surface area (Å²) in [6.45, 7) is 8.14. The van der Waals surface area contributed by atoms with E-state index in [1.54, 1.807) is 0 Å². The molecule has 0 spiro atoms. The molecule has 0 saturated heterocycles. The lowest BCUT2D eigenvalue weighted by Gasteiger charge is -2.22. The van der Waals surface area contributed by atoms with Crippen molar-refractivity contribution in [2.45, 2.75) is 46.3 Å². The van der Waals surface area contributed by atoms with E-state index in [4.69, 9.17) is 4.74 Å². The summed E-state index contributed by atoms with van der Waals surface area (Å²) in [7, 11) is 0. The normalized spacial score (nSPS) is 13.2. The first-order valence-corrected chi connectivity index (χ1v) is 9.51.